The van der Waals surface area contributed by atoms with Gasteiger partial charge < -0.3 is 25.0 Å². The lowest BCUT2D eigenvalue weighted by Gasteiger charge is -2.28. The van der Waals surface area contributed by atoms with E-state index in [9.17, 15) is 14.7 Å². The van der Waals surface area contributed by atoms with Crippen LogP contribution in [0.3, 0.4) is 0 Å². The van der Waals surface area contributed by atoms with Gasteiger partial charge >= 0.3 is 0 Å². The predicted molar refractivity (Wildman–Crippen MR) is 115 cm³/mol. The third-order valence-corrected chi connectivity index (χ3v) is 5.89. The molecule has 0 saturated heterocycles. The first kappa shape index (κ1) is 22.5. The second-order valence-electron chi connectivity index (χ2n) is 8.48. The summed E-state index contributed by atoms with van der Waals surface area (Å²) >= 11 is 3.51. The summed E-state index contributed by atoms with van der Waals surface area (Å²) in [5, 5.41) is 10.1. The molecule has 3 N–H and O–H groups in total. The molecule has 30 heavy (non-hydrogen) atoms. The van der Waals surface area contributed by atoms with Crippen molar-refractivity contribution in [1.82, 2.24) is 14.5 Å². The molecule has 1 aromatic heterocycles. The number of benzene rings is 1. The minimum atomic E-state index is -1.04. The summed E-state index contributed by atoms with van der Waals surface area (Å²) in [4.78, 5) is 30.9. The van der Waals surface area contributed by atoms with Crippen molar-refractivity contribution >= 4 is 27.7 Å². The predicted octanol–water partition coefficient (Wildman–Crippen LogP) is 2.57. The van der Waals surface area contributed by atoms with Crippen LogP contribution in [0.5, 0.6) is 0 Å². The first-order valence-corrected chi connectivity index (χ1v) is 10.5. The topological polar surface area (TPSA) is 111 Å². The number of rotatable bonds is 7. The van der Waals surface area contributed by atoms with Crippen LogP contribution in [-0.2, 0) is 23.1 Å². The van der Waals surface area contributed by atoms with Crippen molar-refractivity contribution in [2.75, 3.05) is 0 Å². The number of ether oxygens (including phenoxy) is 1. The molecule has 0 radical (unpaired) electrons. The number of nitrogens with zero attached hydrogens (tertiary/aromatic N) is 3. The molecule has 1 aliphatic rings. The molecule has 9 heteroatoms. The lowest BCUT2D eigenvalue weighted by atomic mass is 10.0. The first-order valence-electron chi connectivity index (χ1n) is 9.74. The maximum atomic E-state index is 12.9. The molecule has 1 aromatic carbocycles. The molecule has 0 bridgehead atoms. The Balaban J connectivity index is 1.77. The zero-order chi connectivity index (χ0) is 22.2. The molecule has 8 nitrogen and oxygen atoms in total. The Morgan fingerprint density at radius 3 is 2.63 bits per heavy atom. The van der Waals surface area contributed by atoms with Crippen LogP contribution in [0, 0.1) is 0 Å². The average Bonchev–Trinajstić information content (AvgIpc) is 3.13. The van der Waals surface area contributed by atoms with Gasteiger partial charge in [0, 0.05) is 31.1 Å². The molecule has 162 valence electrons. The summed E-state index contributed by atoms with van der Waals surface area (Å²) < 4.78 is 8.18. The van der Waals surface area contributed by atoms with E-state index < -0.39 is 23.8 Å². The second kappa shape index (κ2) is 8.49. The van der Waals surface area contributed by atoms with Gasteiger partial charge in [0.05, 0.1) is 11.9 Å². The van der Waals surface area contributed by atoms with Crippen LogP contribution in [0.1, 0.15) is 49.5 Å². The van der Waals surface area contributed by atoms with Crippen LogP contribution in [0.25, 0.3) is 11.3 Å². The van der Waals surface area contributed by atoms with Crippen LogP contribution < -0.4 is 5.73 Å². The normalized spacial score (nSPS) is 15.9. The molecule has 1 aliphatic heterocycles. The number of hydrogen-bond donors (Lipinski definition) is 2. The van der Waals surface area contributed by atoms with E-state index in [4.69, 9.17) is 10.5 Å². The van der Waals surface area contributed by atoms with Crippen LogP contribution in [0.15, 0.2) is 29.1 Å². The van der Waals surface area contributed by atoms with Crippen molar-refractivity contribution in [3.8, 4) is 11.3 Å². The number of nitrogens with two attached hydrogens (primary N) is 1. The molecule has 0 saturated carbocycles. The fourth-order valence-electron chi connectivity index (χ4n) is 3.57. The lowest BCUT2D eigenvalue weighted by Crippen LogP contribution is -2.45. The number of aliphatic hydroxyl groups is 1. The number of aryl methyl sites for hydroxylation is 1. The third-order valence-electron chi connectivity index (χ3n) is 4.96. The van der Waals surface area contributed by atoms with E-state index in [2.05, 4.69) is 20.9 Å². The lowest BCUT2D eigenvalue weighted by molar-refractivity contribution is -0.170. The minimum absolute atomic E-state index is 0.192. The van der Waals surface area contributed by atoms with Crippen LogP contribution in [-0.4, -0.2) is 49.3 Å². The van der Waals surface area contributed by atoms with Gasteiger partial charge in [-0.25, -0.2) is 4.98 Å². The number of carbonyl (C=O) groups excluding carboxylic acids is 2. The average molecular weight is 479 g/mol. The fraction of sp³-hybridized carbons (Fsp3) is 0.476. The highest BCUT2D eigenvalue weighted by Gasteiger charge is 2.36. The quantitative estimate of drug-likeness (QED) is 0.594. The summed E-state index contributed by atoms with van der Waals surface area (Å²) in [5.41, 5.74) is 8.09. The number of hydrogen-bond acceptors (Lipinski definition) is 5. The summed E-state index contributed by atoms with van der Waals surface area (Å²) in [6.07, 6.45) is 1.07. The molecule has 3 rings (SSSR count). The van der Waals surface area contributed by atoms with Gasteiger partial charge in [0.15, 0.2) is 6.29 Å². The molecule has 2 heterocycles. The van der Waals surface area contributed by atoms with Gasteiger partial charge in [-0.05, 0) is 60.8 Å². The summed E-state index contributed by atoms with van der Waals surface area (Å²) in [6, 6.07) is 4.68. The van der Waals surface area contributed by atoms with E-state index in [-0.39, 0.29) is 25.3 Å². The molecule has 0 fully saturated rings. The molecule has 2 aromatic rings. The van der Waals surface area contributed by atoms with Gasteiger partial charge in [0.1, 0.15) is 16.3 Å². The minimum Gasteiger partial charge on any atom is -0.368 e. The number of fused-ring (bicyclic) bond motifs is 1. The summed E-state index contributed by atoms with van der Waals surface area (Å²) in [6.45, 7) is 5.77. The summed E-state index contributed by atoms with van der Waals surface area (Å²) in [5.74, 6) is -0.849. The van der Waals surface area contributed by atoms with E-state index in [0.717, 1.165) is 21.4 Å². The van der Waals surface area contributed by atoms with Gasteiger partial charge in [-0.2, -0.15) is 0 Å². The number of halogens is 1. The zero-order valence-corrected chi connectivity index (χ0v) is 19.1. The number of amides is 2. The maximum Gasteiger partial charge on any atom is 0.255 e. The van der Waals surface area contributed by atoms with Crippen molar-refractivity contribution in [2.24, 2.45) is 12.8 Å². The molecular formula is C21H27BrN4O4. The SMILES string of the molecule is Cn1cnc(-c2ccc3c(c2)CN(C(CCC(O)OC(C)(C)C)C(N)=O)C3=O)c1Br. The first-order chi connectivity index (χ1) is 14.0. The monoisotopic (exact) mass is 478 g/mol. The number of imidazole rings is 1. The standard InChI is InChI=1S/C21H27BrN4O4/c1-21(2,3)30-16(27)8-7-15(19(23)28)26-10-13-9-12(5-6-14(13)20(26)29)17-18(22)25(4)11-24-17/h5-6,9,11,15-16,27H,7-8,10H2,1-4H3,(H2,23,28). The Kier molecular flexibility index (Phi) is 6.35. The number of primary amides is 1. The fourth-order valence-corrected chi connectivity index (χ4v) is 3.99. The Hall–Kier alpha value is -2.23. The van der Waals surface area contributed by atoms with Crippen LogP contribution in [0.2, 0.25) is 0 Å². The highest BCUT2D eigenvalue weighted by atomic mass is 79.9. The molecular weight excluding hydrogens is 452 g/mol. The van der Waals surface area contributed by atoms with Gasteiger partial charge in [-0.1, -0.05) is 6.07 Å². The molecule has 2 atom stereocenters. The number of aromatic nitrogens is 2. The van der Waals surface area contributed by atoms with E-state index in [0.29, 0.717) is 5.56 Å². The highest BCUT2D eigenvalue weighted by molar-refractivity contribution is 9.10. The van der Waals surface area contributed by atoms with Crippen LogP contribution in [0.4, 0.5) is 0 Å². The largest absolute Gasteiger partial charge is 0.368 e. The Morgan fingerprint density at radius 1 is 1.37 bits per heavy atom. The Bertz CT molecular complexity index is 966. The van der Waals surface area contributed by atoms with Gasteiger partial charge in [-0.15, -0.1) is 0 Å². The number of carbonyl (C=O) groups is 2. The van der Waals surface area contributed by atoms with E-state index in [1.165, 1.54) is 4.90 Å². The molecule has 2 unspecified atom stereocenters. The van der Waals surface area contributed by atoms with Crippen molar-refractivity contribution in [3.05, 3.63) is 40.3 Å². The summed E-state index contributed by atoms with van der Waals surface area (Å²) in [7, 11) is 1.88. The van der Waals surface area contributed by atoms with E-state index >= 15 is 0 Å². The van der Waals surface area contributed by atoms with Crippen molar-refractivity contribution in [2.45, 2.75) is 58.1 Å². The van der Waals surface area contributed by atoms with Gasteiger partial charge in [0.2, 0.25) is 5.91 Å². The Morgan fingerprint density at radius 2 is 2.07 bits per heavy atom. The van der Waals surface area contributed by atoms with Crippen molar-refractivity contribution in [1.29, 1.82) is 0 Å². The van der Waals surface area contributed by atoms with Crippen LogP contribution >= 0.6 is 15.9 Å². The zero-order valence-electron chi connectivity index (χ0n) is 17.6. The third kappa shape index (κ3) is 4.74. The second-order valence-corrected chi connectivity index (χ2v) is 9.23. The number of aliphatic hydroxyl groups excluding tert-OH is 1. The van der Waals surface area contributed by atoms with Gasteiger partial charge in [0.25, 0.3) is 5.91 Å². The van der Waals surface area contributed by atoms with Crippen molar-refractivity contribution < 1.29 is 19.4 Å². The molecule has 0 aliphatic carbocycles. The van der Waals surface area contributed by atoms with E-state index in [1.54, 1.807) is 12.4 Å². The molecule has 0 spiro atoms. The van der Waals surface area contributed by atoms with Gasteiger partial charge in [-0.3, -0.25) is 9.59 Å². The van der Waals surface area contributed by atoms with E-state index in [1.807, 2.05) is 44.5 Å². The van der Waals surface area contributed by atoms with Crippen molar-refractivity contribution in [3.63, 3.8) is 0 Å². The maximum absolute atomic E-state index is 12.9. The Labute approximate surface area is 184 Å². The smallest absolute Gasteiger partial charge is 0.255 e. The molecule has 2 amide bonds. The highest BCUT2D eigenvalue weighted by Crippen LogP contribution is 2.32.